The summed E-state index contributed by atoms with van der Waals surface area (Å²) < 4.78 is 1.31. The van der Waals surface area contributed by atoms with Crippen molar-refractivity contribution in [1.82, 2.24) is 9.55 Å². The van der Waals surface area contributed by atoms with Crippen molar-refractivity contribution in [3.8, 4) is 0 Å². The van der Waals surface area contributed by atoms with E-state index >= 15 is 0 Å². The van der Waals surface area contributed by atoms with Gasteiger partial charge >= 0.3 is 11.7 Å². The second-order valence-corrected chi connectivity index (χ2v) is 4.94. The first kappa shape index (κ1) is 12.6. The third-order valence-electron chi connectivity index (χ3n) is 3.91. The van der Waals surface area contributed by atoms with Gasteiger partial charge < -0.3 is 5.11 Å². The third kappa shape index (κ3) is 2.10. The van der Waals surface area contributed by atoms with Gasteiger partial charge in [0.05, 0.1) is 0 Å². The molecular formula is C12H16N2O4. The summed E-state index contributed by atoms with van der Waals surface area (Å²) in [5.41, 5.74) is -1.69. The zero-order chi connectivity index (χ0) is 13.3. The van der Waals surface area contributed by atoms with Crippen LogP contribution in [0.3, 0.4) is 0 Å². The lowest BCUT2D eigenvalue weighted by molar-refractivity contribution is 0.0690. The number of H-pyrrole nitrogens is 1. The molecule has 1 aromatic heterocycles. The summed E-state index contributed by atoms with van der Waals surface area (Å²) in [7, 11) is 0. The predicted octanol–water partition coefficient (Wildman–Crippen LogP) is 0.815. The maximum Gasteiger partial charge on any atom is 0.342 e. The zero-order valence-electron chi connectivity index (χ0n) is 10.2. The Morgan fingerprint density at radius 2 is 2.17 bits per heavy atom. The number of hydrogen-bond donors (Lipinski definition) is 2. The van der Waals surface area contributed by atoms with Gasteiger partial charge in [-0.1, -0.05) is 13.3 Å². The monoisotopic (exact) mass is 252 g/mol. The van der Waals surface area contributed by atoms with Gasteiger partial charge in [0.2, 0.25) is 0 Å². The molecule has 98 valence electrons. The zero-order valence-corrected chi connectivity index (χ0v) is 10.2. The molecule has 0 atom stereocenters. The topological polar surface area (TPSA) is 92.2 Å². The molecule has 1 aliphatic rings. The molecule has 6 heteroatoms. The summed E-state index contributed by atoms with van der Waals surface area (Å²) in [5, 5.41) is 8.87. The summed E-state index contributed by atoms with van der Waals surface area (Å²) in [6, 6.07) is 0. The van der Waals surface area contributed by atoms with E-state index < -0.39 is 17.2 Å². The van der Waals surface area contributed by atoms with Crippen LogP contribution in [0.4, 0.5) is 0 Å². The van der Waals surface area contributed by atoms with E-state index in [2.05, 4.69) is 11.9 Å². The highest BCUT2D eigenvalue weighted by Gasteiger charge is 2.35. The Kier molecular flexibility index (Phi) is 3.11. The van der Waals surface area contributed by atoms with E-state index in [1.165, 1.54) is 4.57 Å². The molecule has 0 aromatic carbocycles. The Labute approximate surface area is 103 Å². The number of aromatic amines is 1. The molecular weight excluding hydrogens is 236 g/mol. The Morgan fingerprint density at radius 1 is 1.50 bits per heavy atom. The van der Waals surface area contributed by atoms with Crippen LogP contribution in [0.5, 0.6) is 0 Å². The van der Waals surface area contributed by atoms with Crippen molar-refractivity contribution in [2.45, 2.75) is 39.2 Å². The van der Waals surface area contributed by atoms with E-state index in [0.29, 0.717) is 6.54 Å². The van der Waals surface area contributed by atoms with Crippen molar-refractivity contribution in [3.63, 3.8) is 0 Å². The molecule has 0 spiro atoms. The minimum Gasteiger partial charge on any atom is -0.477 e. The van der Waals surface area contributed by atoms with Crippen LogP contribution in [0.25, 0.3) is 0 Å². The predicted molar refractivity (Wildman–Crippen MR) is 64.9 cm³/mol. The average molecular weight is 252 g/mol. The maximum absolute atomic E-state index is 11.7. The molecule has 1 saturated carbocycles. The number of carboxylic acids is 1. The molecule has 2 N–H and O–H groups in total. The van der Waals surface area contributed by atoms with E-state index in [4.69, 9.17) is 5.11 Å². The number of nitrogens with one attached hydrogen (secondary N) is 1. The minimum atomic E-state index is -1.32. The lowest BCUT2D eigenvalue weighted by atomic mass is 9.67. The molecule has 6 nitrogen and oxygen atoms in total. The molecule has 1 heterocycles. The molecule has 0 radical (unpaired) electrons. The normalized spacial score (nSPS) is 17.2. The van der Waals surface area contributed by atoms with Crippen molar-refractivity contribution in [1.29, 1.82) is 0 Å². The summed E-state index contributed by atoms with van der Waals surface area (Å²) in [6.07, 6.45) is 5.31. The van der Waals surface area contributed by atoms with Crippen LogP contribution >= 0.6 is 0 Å². The molecule has 18 heavy (non-hydrogen) atoms. The lowest BCUT2D eigenvalue weighted by Gasteiger charge is -2.41. The number of carbonyl (C=O) groups is 1. The highest BCUT2D eigenvalue weighted by Crippen LogP contribution is 2.44. The summed E-state index contributed by atoms with van der Waals surface area (Å²) in [5.74, 6) is -1.32. The van der Waals surface area contributed by atoms with Crippen LogP contribution in [-0.2, 0) is 6.54 Å². The van der Waals surface area contributed by atoms with Crippen molar-refractivity contribution in [2.75, 3.05) is 0 Å². The fraction of sp³-hybridized carbons (Fsp3) is 0.583. The Bertz CT molecular complexity index is 575. The van der Waals surface area contributed by atoms with Gasteiger partial charge in [-0.25, -0.2) is 9.59 Å². The van der Waals surface area contributed by atoms with Gasteiger partial charge in [0, 0.05) is 12.7 Å². The third-order valence-corrected chi connectivity index (χ3v) is 3.91. The number of rotatable bonds is 4. The van der Waals surface area contributed by atoms with Crippen molar-refractivity contribution in [3.05, 3.63) is 32.6 Å². The van der Waals surface area contributed by atoms with Crippen LogP contribution in [0, 0.1) is 5.41 Å². The molecule has 0 bridgehead atoms. The number of nitrogens with zero attached hydrogens (tertiary/aromatic N) is 1. The standard InChI is InChI=1S/C12H16N2O4/c1-2-12(4-3-5-12)7-14-6-8(10(16)17)9(15)13-11(14)18/h6H,2-5,7H2,1H3,(H,16,17)(H,13,15,18). The highest BCUT2D eigenvalue weighted by molar-refractivity contribution is 5.86. The number of aromatic carboxylic acids is 1. The van der Waals surface area contributed by atoms with Crippen LogP contribution in [0.1, 0.15) is 43.0 Å². The lowest BCUT2D eigenvalue weighted by Crippen LogP contribution is -2.40. The number of hydrogen-bond acceptors (Lipinski definition) is 3. The van der Waals surface area contributed by atoms with Gasteiger partial charge in [0.25, 0.3) is 5.56 Å². The van der Waals surface area contributed by atoms with Crippen LogP contribution in [-0.4, -0.2) is 20.6 Å². The van der Waals surface area contributed by atoms with Gasteiger partial charge in [0.1, 0.15) is 5.56 Å². The first-order chi connectivity index (χ1) is 8.47. The molecule has 1 fully saturated rings. The summed E-state index contributed by atoms with van der Waals surface area (Å²) >= 11 is 0. The molecule has 0 aliphatic heterocycles. The molecule has 2 rings (SSSR count). The Morgan fingerprint density at radius 3 is 2.61 bits per heavy atom. The fourth-order valence-corrected chi connectivity index (χ4v) is 2.44. The van der Waals surface area contributed by atoms with Crippen molar-refractivity contribution >= 4 is 5.97 Å². The summed E-state index contributed by atoms with van der Waals surface area (Å²) in [4.78, 5) is 35.9. The second-order valence-electron chi connectivity index (χ2n) is 4.94. The second kappa shape index (κ2) is 4.44. The van der Waals surface area contributed by atoms with E-state index in [1.54, 1.807) is 0 Å². The number of carboxylic acid groups (broad SMARTS) is 1. The van der Waals surface area contributed by atoms with Gasteiger partial charge in [-0.15, -0.1) is 0 Å². The minimum absolute atomic E-state index is 0.0812. The van der Waals surface area contributed by atoms with Gasteiger partial charge in [0.15, 0.2) is 0 Å². The van der Waals surface area contributed by atoms with E-state index in [0.717, 1.165) is 31.9 Å². The van der Waals surface area contributed by atoms with Gasteiger partial charge in [-0.05, 0) is 24.7 Å². The molecule has 1 aliphatic carbocycles. The fourth-order valence-electron chi connectivity index (χ4n) is 2.44. The first-order valence-electron chi connectivity index (χ1n) is 6.04. The SMILES string of the molecule is CCC1(Cn2cc(C(=O)O)c(=O)[nH]c2=O)CCC1. The van der Waals surface area contributed by atoms with Crippen LogP contribution < -0.4 is 11.2 Å². The summed E-state index contributed by atoms with van der Waals surface area (Å²) in [6.45, 7) is 2.54. The molecule has 0 amide bonds. The van der Waals surface area contributed by atoms with E-state index in [-0.39, 0.29) is 11.0 Å². The molecule has 1 aromatic rings. The van der Waals surface area contributed by atoms with Crippen LogP contribution in [0.2, 0.25) is 0 Å². The van der Waals surface area contributed by atoms with E-state index in [9.17, 15) is 14.4 Å². The smallest absolute Gasteiger partial charge is 0.342 e. The first-order valence-corrected chi connectivity index (χ1v) is 6.04. The van der Waals surface area contributed by atoms with E-state index in [1.807, 2.05) is 0 Å². The Balaban J connectivity index is 2.39. The molecule has 0 unspecified atom stereocenters. The Hall–Kier alpha value is -1.85. The van der Waals surface area contributed by atoms with Crippen LogP contribution in [0.15, 0.2) is 15.8 Å². The number of aromatic nitrogens is 2. The van der Waals surface area contributed by atoms with Gasteiger partial charge in [-0.3, -0.25) is 14.3 Å². The largest absolute Gasteiger partial charge is 0.477 e. The quantitative estimate of drug-likeness (QED) is 0.829. The maximum atomic E-state index is 11.7. The van der Waals surface area contributed by atoms with Crippen molar-refractivity contribution in [2.24, 2.45) is 5.41 Å². The highest BCUT2D eigenvalue weighted by atomic mass is 16.4. The average Bonchev–Trinajstić information content (AvgIpc) is 2.25. The van der Waals surface area contributed by atoms with Gasteiger partial charge in [-0.2, -0.15) is 0 Å². The van der Waals surface area contributed by atoms with Crippen molar-refractivity contribution < 1.29 is 9.90 Å². The molecule has 0 saturated heterocycles.